The number of non-ortho nitro benzene ring substituents is 1. The van der Waals surface area contributed by atoms with E-state index in [0.717, 1.165) is 36.9 Å². The quantitative estimate of drug-likeness (QED) is 0.149. The zero-order valence-corrected chi connectivity index (χ0v) is 17.2. The fourth-order valence-electron chi connectivity index (χ4n) is 2.44. The molecule has 0 aromatic heterocycles. The first kappa shape index (κ1) is 21.9. The third kappa shape index (κ3) is 7.38. The van der Waals surface area contributed by atoms with E-state index in [0.29, 0.717) is 12.5 Å². The van der Waals surface area contributed by atoms with Gasteiger partial charge in [-0.3, -0.25) is 15.1 Å². The van der Waals surface area contributed by atoms with Gasteiger partial charge in [0, 0.05) is 24.4 Å². The van der Waals surface area contributed by atoms with Crippen LogP contribution in [0.2, 0.25) is 0 Å². The second-order valence-corrected chi connectivity index (χ2v) is 5.82. The van der Waals surface area contributed by atoms with Crippen molar-refractivity contribution < 1.29 is 4.92 Å². The zero-order chi connectivity index (χ0) is 18.1. The summed E-state index contributed by atoms with van der Waals surface area (Å²) < 4.78 is 0. The molecule has 0 fully saturated rings. The maximum atomic E-state index is 10.6. The van der Waals surface area contributed by atoms with Crippen LogP contribution in [0.15, 0.2) is 53.5 Å². The molecule has 140 valence electrons. The normalized spacial score (nSPS) is 10.9. The highest BCUT2D eigenvalue weighted by molar-refractivity contribution is 14.0. The molecule has 0 saturated carbocycles. The number of hydrogen-bond donors (Lipinski definition) is 2. The third-order valence-corrected chi connectivity index (χ3v) is 3.94. The molecule has 6 nitrogen and oxygen atoms in total. The van der Waals surface area contributed by atoms with Crippen LogP contribution in [0.3, 0.4) is 0 Å². The molecule has 3 N–H and O–H groups in total. The fourth-order valence-corrected chi connectivity index (χ4v) is 2.44. The smallest absolute Gasteiger partial charge is 0.269 e. The summed E-state index contributed by atoms with van der Waals surface area (Å²) in [5, 5.41) is 13.7. The number of anilines is 1. The molecule has 0 aliphatic rings. The number of benzene rings is 2. The van der Waals surface area contributed by atoms with Gasteiger partial charge in [-0.15, -0.1) is 24.0 Å². The number of nitrogens with one attached hydrogen (secondary N) is 1. The lowest BCUT2D eigenvalue weighted by molar-refractivity contribution is -0.384. The minimum atomic E-state index is -0.385. The number of halogens is 1. The Bertz CT molecular complexity index is 715. The highest BCUT2D eigenvalue weighted by Gasteiger charge is 2.03. The summed E-state index contributed by atoms with van der Waals surface area (Å²) in [6, 6.07) is 14.8. The van der Waals surface area contributed by atoms with Gasteiger partial charge in [0.15, 0.2) is 5.96 Å². The molecular formula is C19H25IN4O2. The minimum absolute atomic E-state index is 0. The van der Waals surface area contributed by atoms with Crippen LogP contribution in [-0.2, 0) is 12.8 Å². The molecule has 2 rings (SSSR count). The first-order valence-corrected chi connectivity index (χ1v) is 8.47. The molecule has 0 bridgehead atoms. The maximum Gasteiger partial charge on any atom is 0.269 e. The summed E-state index contributed by atoms with van der Waals surface area (Å²) in [6.07, 6.45) is 3.76. The Kier molecular flexibility index (Phi) is 9.64. The predicted molar refractivity (Wildman–Crippen MR) is 117 cm³/mol. The van der Waals surface area contributed by atoms with Crippen LogP contribution in [0, 0.1) is 10.1 Å². The molecule has 0 aliphatic heterocycles. The second kappa shape index (κ2) is 11.5. The number of rotatable bonds is 8. The van der Waals surface area contributed by atoms with Gasteiger partial charge in [-0.25, -0.2) is 0 Å². The number of guanidine groups is 1. The van der Waals surface area contributed by atoms with Gasteiger partial charge in [-0.05, 0) is 48.9 Å². The SMILES string of the molecule is CCc1ccc(NC(N)=NCCCCc2ccc([N+](=O)[O-])cc2)cc1.I. The number of nitro benzene ring substituents is 1. The van der Waals surface area contributed by atoms with E-state index in [4.69, 9.17) is 5.73 Å². The van der Waals surface area contributed by atoms with Crippen LogP contribution < -0.4 is 11.1 Å². The van der Waals surface area contributed by atoms with Crippen molar-refractivity contribution in [1.82, 2.24) is 0 Å². The molecule has 0 radical (unpaired) electrons. The van der Waals surface area contributed by atoms with Gasteiger partial charge in [0.2, 0.25) is 0 Å². The predicted octanol–water partition coefficient (Wildman–Crippen LogP) is 4.52. The van der Waals surface area contributed by atoms with Crippen LogP contribution in [0.5, 0.6) is 0 Å². The van der Waals surface area contributed by atoms with Crippen LogP contribution in [0.25, 0.3) is 0 Å². The van der Waals surface area contributed by atoms with Crippen molar-refractivity contribution in [3.8, 4) is 0 Å². The summed E-state index contributed by atoms with van der Waals surface area (Å²) in [6.45, 7) is 2.77. The van der Waals surface area contributed by atoms with Crippen molar-refractivity contribution >= 4 is 41.3 Å². The van der Waals surface area contributed by atoms with E-state index in [9.17, 15) is 10.1 Å². The monoisotopic (exact) mass is 468 g/mol. The molecule has 0 aliphatic carbocycles. The highest BCUT2D eigenvalue weighted by atomic mass is 127. The van der Waals surface area contributed by atoms with E-state index < -0.39 is 0 Å². The summed E-state index contributed by atoms with van der Waals surface area (Å²) in [4.78, 5) is 14.6. The average molecular weight is 468 g/mol. The topological polar surface area (TPSA) is 93.5 Å². The van der Waals surface area contributed by atoms with Crippen LogP contribution >= 0.6 is 24.0 Å². The van der Waals surface area contributed by atoms with Crippen LogP contribution in [0.4, 0.5) is 11.4 Å². The molecule has 26 heavy (non-hydrogen) atoms. The van der Waals surface area contributed by atoms with Gasteiger partial charge in [-0.1, -0.05) is 31.2 Å². The Labute approximate surface area is 171 Å². The standard InChI is InChI=1S/C19H24N4O2.HI/c1-2-15-6-10-17(11-7-15)22-19(20)21-14-4-3-5-16-8-12-18(13-9-16)23(24)25;/h6-13H,2-5,14H2,1H3,(H3,20,21,22);1H. The Hall–Kier alpha value is -2.16. The van der Waals surface area contributed by atoms with E-state index in [-0.39, 0.29) is 34.6 Å². The number of unbranched alkanes of at least 4 members (excludes halogenated alkanes) is 1. The van der Waals surface area contributed by atoms with Crippen molar-refractivity contribution in [3.63, 3.8) is 0 Å². The Balaban J connectivity index is 0.00000338. The summed E-state index contributed by atoms with van der Waals surface area (Å²) in [5.74, 6) is 0.416. The lowest BCUT2D eigenvalue weighted by atomic mass is 10.1. The van der Waals surface area contributed by atoms with Gasteiger partial charge in [0.05, 0.1) is 4.92 Å². The summed E-state index contributed by atoms with van der Waals surface area (Å²) in [5.41, 5.74) is 9.33. The Morgan fingerprint density at radius 3 is 2.27 bits per heavy atom. The molecular weight excluding hydrogens is 443 g/mol. The van der Waals surface area contributed by atoms with Gasteiger partial charge in [0.25, 0.3) is 5.69 Å². The van der Waals surface area contributed by atoms with E-state index >= 15 is 0 Å². The van der Waals surface area contributed by atoms with Crippen molar-refractivity contribution in [2.24, 2.45) is 10.7 Å². The van der Waals surface area contributed by atoms with Gasteiger partial charge in [-0.2, -0.15) is 0 Å². The number of nitrogens with two attached hydrogens (primary N) is 1. The summed E-state index contributed by atoms with van der Waals surface area (Å²) in [7, 11) is 0. The van der Waals surface area contributed by atoms with E-state index in [1.807, 2.05) is 12.1 Å². The Morgan fingerprint density at radius 2 is 1.69 bits per heavy atom. The number of aliphatic imine (C=N–C) groups is 1. The third-order valence-electron chi connectivity index (χ3n) is 3.94. The molecule has 0 spiro atoms. The van der Waals surface area contributed by atoms with Crippen molar-refractivity contribution in [1.29, 1.82) is 0 Å². The van der Waals surface area contributed by atoms with Gasteiger partial charge >= 0.3 is 0 Å². The number of nitro groups is 1. The first-order chi connectivity index (χ1) is 12.1. The molecule has 0 atom stereocenters. The minimum Gasteiger partial charge on any atom is -0.370 e. The van der Waals surface area contributed by atoms with Crippen LogP contribution in [-0.4, -0.2) is 17.4 Å². The first-order valence-electron chi connectivity index (χ1n) is 8.47. The van der Waals surface area contributed by atoms with E-state index in [2.05, 4.69) is 29.4 Å². The van der Waals surface area contributed by atoms with Crippen LogP contribution in [0.1, 0.15) is 30.9 Å². The highest BCUT2D eigenvalue weighted by Crippen LogP contribution is 2.13. The Morgan fingerprint density at radius 1 is 1.08 bits per heavy atom. The largest absolute Gasteiger partial charge is 0.370 e. The molecule has 2 aromatic carbocycles. The average Bonchev–Trinajstić information content (AvgIpc) is 2.62. The van der Waals surface area contributed by atoms with Gasteiger partial charge < -0.3 is 11.1 Å². The molecule has 2 aromatic rings. The number of aryl methyl sites for hydroxylation is 2. The molecule has 0 unspecified atom stereocenters. The van der Waals surface area contributed by atoms with Gasteiger partial charge in [0.1, 0.15) is 0 Å². The zero-order valence-electron chi connectivity index (χ0n) is 14.9. The fraction of sp³-hybridized carbons (Fsp3) is 0.316. The van der Waals surface area contributed by atoms with Crippen molar-refractivity contribution in [2.45, 2.75) is 32.6 Å². The van der Waals surface area contributed by atoms with E-state index in [1.54, 1.807) is 24.3 Å². The molecule has 0 heterocycles. The number of nitrogens with zero attached hydrogens (tertiary/aromatic N) is 2. The maximum absolute atomic E-state index is 10.6. The lowest BCUT2D eigenvalue weighted by Gasteiger charge is -2.06. The van der Waals surface area contributed by atoms with Crippen molar-refractivity contribution in [3.05, 3.63) is 69.8 Å². The van der Waals surface area contributed by atoms with E-state index in [1.165, 1.54) is 5.56 Å². The summed E-state index contributed by atoms with van der Waals surface area (Å²) >= 11 is 0. The number of hydrogen-bond acceptors (Lipinski definition) is 3. The lowest BCUT2D eigenvalue weighted by Crippen LogP contribution is -2.22. The molecule has 0 amide bonds. The molecule has 0 saturated heterocycles. The molecule has 7 heteroatoms. The van der Waals surface area contributed by atoms with Crippen molar-refractivity contribution in [2.75, 3.05) is 11.9 Å². The second-order valence-electron chi connectivity index (χ2n) is 5.82.